The number of carbonyl (C=O) groups excluding carboxylic acids is 1. The first-order valence-corrected chi connectivity index (χ1v) is 7.34. The van der Waals surface area contributed by atoms with Crippen molar-refractivity contribution in [1.29, 1.82) is 0 Å². The maximum Gasteiger partial charge on any atom is 0.341 e. The Morgan fingerprint density at radius 3 is 2.86 bits per heavy atom. The number of halogens is 2. The van der Waals surface area contributed by atoms with Crippen molar-refractivity contribution in [2.75, 3.05) is 11.9 Å². The molecule has 0 aliphatic rings. The van der Waals surface area contributed by atoms with Crippen LogP contribution in [0.15, 0.2) is 29.4 Å². The van der Waals surface area contributed by atoms with Crippen LogP contribution in [-0.2, 0) is 4.74 Å². The van der Waals surface area contributed by atoms with Crippen LogP contribution in [0.25, 0.3) is 0 Å². The van der Waals surface area contributed by atoms with E-state index in [1.807, 2.05) is 0 Å². The number of nitrogens with zero attached hydrogens (tertiary/aromatic N) is 1. The summed E-state index contributed by atoms with van der Waals surface area (Å²) in [5.74, 6) is -0.892. The van der Waals surface area contributed by atoms with Crippen molar-refractivity contribution < 1.29 is 13.9 Å². The minimum absolute atomic E-state index is 0.188. The van der Waals surface area contributed by atoms with Gasteiger partial charge in [-0.1, -0.05) is 11.6 Å². The summed E-state index contributed by atoms with van der Waals surface area (Å²) in [7, 11) is 0. The topological polar surface area (TPSA) is 51.2 Å². The molecule has 116 valence electrons. The van der Waals surface area contributed by atoms with Gasteiger partial charge in [-0.2, -0.15) is 0 Å². The molecule has 0 amide bonds. The predicted octanol–water partition coefficient (Wildman–Crippen LogP) is 4.39. The molecule has 0 fully saturated rings. The third-order valence-corrected chi connectivity index (χ3v) is 3.78. The molecule has 0 bridgehead atoms. The van der Waals surface area contributed by atoms with Crippen molar-refractivity contribution >= 4 is 41.6 Å². The lowest BCUT2D eigenvalue weighted by Crippen LogP contribution is -2.10. The highest BCUT2D eigenvalue weighted by molar-refractivity contribution is 7.80. The van der Waals surface area contributed by atoms with Crippen molar-refractivity contribution in [1.82, 2.24) is 4.98 Å². The standard InChI is InChI=1S/C15H14ClFN2O2S/c1-3-21-15(20)10-7-18-14(22)12(16)13(10)19-11-5-4-9(17)6-8(11)2/h4-7H,3H2,1-2H3,(H2,18,19,22). The molecule has 1 aromatic heterocycles. The second-order valence-electron chi connectivity index (χ2n) is 4.49. The van der Waals surface area contributed by atoms with Gasteiger partial charge < -0.3 is 10.1 Å². The smallest absolute Gasteiger partial charge is 0.341 e. The number of benzene rings is 1. The van der Waals surface area contributed by atoms with Crippen LogP contribution in [-0.4, -0.2) is 17.6 Å². The van der Waals surface area contributed by atoms with Gasteiger partial charge in [-0.3, -0.25) is 0 Å². The number of aryl methyl sites for hydroxylation is 1. The van der Waals surface area contributed by atoms with Crippen LogP contribution in [0.2, 0.25) is 5.02 Å². The minimum Gasteiger partial charge on any atom is -0.462 e. The summed E-state index contributed by atoms with van der Waals surface area (Å²) in [6, 6.07) is 4.26. The number of hydrogen-bond acceptors (Lipinski definition) is 5. The van der Waals surface area contributed by atoms with Crippen LogP contribution < -0.4 is 5.32 Å². The average Bonchev–Trinajstić information content (AvgIpc) is 2.46. The molecule has 0 unspecified atom stereocenters. The second kappa shape index (κ2) is 6.98. The molecule has 1 aromatic carbocycles. The highest BCUT2D eigenvalue weighted by Gasteiger charge is 2.19. The Bertz CT molecular complexity index is 725. The van der Waals surface area contributed by atoms with Crippen LogP contribution >= 0.6 is 24.2 Å². The Balaban J connectivity index is 2.48. The summed E-state index contributed by atoms with van der Waals surface area (Å²) in [6.45, 7) is 3.68. The van der Waals surface area contributed by atoms with Crippen LogP contribution in [0.5, 0.6) is 0 Å². The van der Waals surface area contributed by atoms with Gasteiger partial charge in [-0.05, 0) is 37.6 Å². The van der Waals surface area contributed by atoms with Crippen molar-refractivity contribution in [3.8, 4) is 0 Å². The lowest BCUT2D eigenvalue weighted by Gasteiger charge is -2.15. The fourth-order valence-corrected chi connectivity index (χ4v) is 2.23. The van der Waals surface area contributed by atoms with Crippen LogP contribution in [0.1, 0.15) is 22.8 Å². The van der Waals surface area contributed by atoms with Gasteiger partial charge in [0.05, 0.1) is 17.3 Å². The third kappa shape index (κ3) is 3.51. The van der Waals surface area contributed by atoms with Gasteiger partial charge in [0, 0.05) is 11.9 Å². The molecule has 0 aliphatic heterocycles. The van der Waals surface area contributed by atoms with Crippen LogP contribution in [0.4, 0.5) is 15.8 Å². The summed E-state index contributed by atoms with van der Waals surface area (Å²) in [6.07, 6.45) is 1.34. The molecular weight excluding hydrogens is 327 g/mol. The zero-order valence-electron chi connectivity index (χ0n) is 12.0. The molecule has 2 aromatic rings. The number of esters is 1. The highest BCUT2D eigenvalue weighted by Crippen LogP contribution is 2.34. The van der Waals surface area contributed by atoms with E-state index in [9.17, 15) is 9.18 Å². The van der Waals surface area contributed by atoms with E-state index in [0.29, 0.717) is 16.9 Å². The molecule has 1 heterocycles. The molecule has 0 atom stereocenters. The Kier molecular flexibility index (Phi) is 5.26. The molecule has 4 nitrogen and oxygen atoms in total. The normalized spacial score (nSPS) is 10.4. The Hall–Kier alpha value is -1.79. The maximum absolute atomic E-state index is 13.2. The number of hydrogen-bond donors (Lipinski definition) is 2. The average molecular weight is 341 g/mol. The van der Waals surface area contributed by atoms with Crippen molar-refractivity contribution in [2.24, 2.45) is 0 Å². The molecule has 0 radical (unpaired) electrons. The molecule has 7 heteroatoms. The number of thiol groups is 1. The first-order chi connectivity index (χ1) is 10.4. The Morgan fingerprint density at radius 1 is 1.50 bits per heavy atom. The van der Waals surface area contributed by atoms with E-state index in [0.717, 1.165) is 0 Å². The van der Waals surface area contributed by atoms with E-state index in [4.69, 9.17) is 16.3 Å². The van der Waals surface area contributed by atoms with E-state index in [1.165, 1.54) is 18.3 Å². The number of nitrogens with one attached hydrogen (secondary N) is 1. The minimum atomic E-state index is -0.549. The molecule has 2 rings (SSSR count). The summed E-state index contributed by atoms with van der Waals surface area (Å²) in [5.41, 5.74) is 1.80. The van der Waals surface area contributed by atoms with E-state index in [2.05, 4.69) is 22.9 Å². The molecule has 0 aliphatic carbocycles. The largest absolute Gasteiger partial charge is 0.462 e. The summed E-state index contributed by atoms with van der Waals surface area (Å²) in [5, 5.41) is 3.50. The van der Waals surface area contributed by atoms with Crippen molar-refractivity contribution in [3.05, 3.63) is 46.4 Å². The van der Waals surface area contributed by atoms with Crippen LogP contribution in [0.3, 0.4) is 0 Å². The van der Waals surface area contributed by atoms with E-state index in [-0.39, 0.29) is 28.0 Å². The fourth-order valence-electron chi connectivity index (χ4n) is 1.86. The van der Waals surface area contributed by atoms with Crippen molar-refractivity contribution in [3.63, 3.8) is 0 Å². The summed E-state index contributed by atoms with van der Waals surface area (Å²) >= 11 is 10.3. The SMILES string of the molecule is CCOC(=O)c1cnc(S)c(Cl)c1Nc1ccc(F)cc1C. The molecule has 0 saturated heterocycles. The maximum atomic E-state index is 13.2. The predicted molar refractivity (Wildman–Crippen MR) is 86.9 cm³/mol. The summed E-state index contributed by atoms with van der Waals surface area (Å²) in [4.78, 5) is 16.0. The number of anilines is 2. The second-order valence-corrected chi connectivity index (χ2v) is 5.29. The number of carbonyl (C=O) groups is 1. The molecule has 22 heavy (non-hydrogen) atoms. The van der Waals surface area contributed by atoms with Gasteiger partial charge in [-0.15, -0.1) is 12.6 Å². The zero-order chi connectivity index (χ0) is 16.3. The highest BCUT2D eigenvalue weighted by atomic mass is 35.5. The lowest BCUT2D eigenvalue weighted by atomic mass is 10.1. The quantitative estimate of drug-likeness (QED) is 0.640. The van der Waals surface area contributed by atoms with Gasteiger partial charge in [-0.25, -0.2) is 14.2 Å². The van der Waals surface area contributed by atoms with Gasteiger partial charge in [0.15, 0.2) is 0 Å². The zero-order valence-corrected chi connectivity index (χ0v) is 13.6. The van der Waals surface area contributed by atoms with Crippen molar-refractivity contribution in [2.45, 2.75) is 18.9 Å². The van der Waals surface area contributed by atoms with Crippen LogP contribution in [0, 0.1) is 12.7 Å². The fraction of sp³-hybridized carbons (Fsp3) is 0.200. The first kappa shape index (κ1) is 16.6. The molecular formula is C15H14ClFN2O2S. The number of rotatable bonds is 4. The van der Waals surface area contributed by atoms with Gasteiger partial charge in [0.25, 0.3) is 0 Å². The number of pyridine rings is 1. The van der Waals surface area contributed by atoms with E-state index < -0.39 is 5.97 Å². The Labute approximate surface area is 138 Å². The first-order valence-electron chi connectivity index (χ1n) is 6.51. The lowest BCUT2D eigenvalue weighted by molar-refractivity contribution is 0.0527. The van der Waals surface area contributed by atoms with Gasteiger partial charge in [0.2, 0.25) is 0 Å². The monoisotopic (exact) mass is 340 g/mol. The van der Waals surface area contributed by atoms with Gasteiger partial charge >= 0.3 is 5.97 Å². The molecule has 0 spiro atoms. The Morgan fingerprint density at radius 2 is 2.23 bits per heavy atom. The summed E-state index contributed by atoms with van der Waals surface area (Å²) < 4.78 is 18.2. The third-order valence-electron chi connectivity index (χ3n) is 2.94. The van der Waals surface area contributed by atoms with E-state index >= 15 is 0 Å². The number of aromatic nitrogens is 1. The van der Waals surface area contributed by atoms with E-state index in [1.54, 1.807) is 19.9 Å². The van der Waals surface area contributed by atoms with Gasteiger partial charge in [0.1, 0.15) is 16.4 Å². The molecule has 1 N–H and O–H groups in total. The molecule has 0 saturated carbocycles. The number of ether oxygens (including phenoxy) is 1.